The van der Waals surface area contributed by atoms with E-state index in [-0.39, 0.29) is 25.4 Å². The Kier molecular flexibility index (Phi) is 13.7. The largest absolute Gasteiger partial charge is 0.499 e. The number of hydrogen-bond donors (Lipinski definition) is 1. The quantitative estimate of drug-likeness (QED) is 0.277. The molecule has 0 aliphatic heterocycles. The zero-order chi connectivity index (χ0) is 15.8. The topological polar surface area (TPSA) is 91.3 Å². The van der Waals surface area contributed by atoms with Gasteiger partial charge in [0.2, 0.25) is 0 Å². The SMILES string of the molecule is C=COCCOCCOCCOC(=O)CCCCC(=O)O. The number of unbranched alkanes of at least 4 members (excludes halogenated alkanes) is 1. The smallest absolute Gasteiger partial charge is 0.305 e. The van der Waals surface area contributed by atoms with Crippen molar-refractivity contribution in [2.24, 2.45) is 0 Å². The first-order valence-corrected chi connectivity index (χ1v) is 6.92. The second-order valence-electron chi connectivity index (χ2n) is 4.08. The molecule has 0 fully saturated rings. The third kappa shape index (κ3) is 16.3. The second kappa shape index (κ2) is 14.8. The number of carboxylic acid groups (broad SMARTS) is 1. The molecule has 0 radical (unpaired) electrons. The fraction of sp³-hybridized carbons (Fsp3) is 0.714. The molecule has 1 N–H and O–H groups in total. The van der Waals surface area contributed by atoms with Gasteiger partial charge in [0, 0.05) is 12.8 Å². The predicted molar refractivity (Wildman–Crippen MR) is 74.8 cm³/mol. The minimum absolute atomic E-state index is 0.0776. The maximum atomic E-state index is 11.3. The van der Waals surface area contributed by atoms with Crippen molar-refractivity contribution in [3.8, 4) is 0 Å². The first-order chi connectivity index (χ1) is 10.2. The number of carbonyl (C=O) groups is 2. The Morgan fingerprint density at radius 3 is 2.10 bits per heavy atom. The molecular weight excluding hydrogens is 280 g/mol. The average molecular weight is 304 g/mol. The molecule has 0 aromatic carbocycles. The number of hydrogen-bond acceptors (Lipinski definition) is 6. The van der Waals surface area contributed by atoms with Gasteiger partial charge in [0.1, 0.15) is 13.2 Å². The highest BCUT2D eigenvalue weighted by Gasteiger charge is 2.03. The Bertz CT molecular complexity index is 291. The Labute approximate surface area is 124 Å². The van der Waals surface area contributed by atoms with E-state index in [0.29, 0.717) is 45.9 Å². The molecule has 0 aromatic heterocycles. The molecule has 7 nitrogen and oxygen atoms in total. The van der Waals surface area contributed by atoms with E-state index in [0.717, 1.165) is 0 Å². The van der Waals surface area contributed by atoms with Gasteiger partial charge in [-0.1, -0.05) is 6.58 Å². The molecule has 0 aromatic rings. The van der Waals surface area contributed by atoms with Crippen LogP contribution in [0.2, 0.25) is 0 Å². The van der Waals surface area contributed by atoms with Gasteiger partial charge in [-0.05, 0) is 12.8 Å². The van der Waals surface area contributed by atoms with Crippen LogP contribution in [-0.2, 0) is 28.5 Å². The molecule has 0 heterocycles. The zero-order valence-corrected chi connectivity index (χ0v) is 12.3. The van der Waals surface area contributed by atoms with Crippen LogP contribution in [0.25, 0.3) is 0 Å². The van der Waals surface area contributed by atoms with E-state index in [1.54, 1.807) is 0 Å². The summed E-state index contributed by atoms with van der Waals surface area (Å²) in [5.74, 6) is -1.18. The van der Waals surface area contributed by atoms with Crippen LogP contribution in [0.3, 0.4) is 0 Å². The van der Waals surface area contributed by atoms with Crippen molar-refractivity contribution in [2.75, 3.05) is 39.6 Å². The molecular formula is C14H24O7. The normalized spacial score (nSPS) is 10.1. The molecule has 0 saturated carbocycles. The van der Waals surface area contributed by atoms with Crippen LogP contribution in [0, 0.1) is 0 Å². The van der Waals surface area contributed by atoms with E-state index in [4.69, 9.17) is 24.1 Å². The predicted octanol–water partition coefficient (Wildman–Crippen LogP) is 1.37. The van der Waals surface area contributed by atoms with Gasteiger partial charge in [-0.2, -0.15) is 0 Å². The fourth-order valence-electron chi connectivity index (χ4n) is 1.34. The molecule has 0 unspecified atom stereocenters. The van der Waals surface area contributed by atoms with Crippen LogP contribution < -0.4 is 0 Å². The third-order valence-electron chi connectivity index (χ3n) is 2.35. The number of esters is 1. The van der Waals surface area contributed by atoms with Crippen molar-refractivity contribution < 1.29 is 33.6 Å². The lowest BCUT2D eigenvalue weighted by Gasteiger charge is -2.07. The molecule has 0 spiro atoms. The summed E-state index contributed by atoms with van der Waals surface area (Å²) in [7, 11) is 0. The molecule has 0 saturated heterocycles. The summed E-state index contributed by atoms with van der Waals surface area (Å²) in [6.07, 6.45) is 2.67. The van der Waals surface area contributed by atoms with E-state index in [1.165, 1.54) is 6.26 Å². The van der Waals surface area contributed by atoms with Crippen molar-refractivity contribution in [1.82, 2.24) is 0 Å². The van der Waals surface area contributed by atoms with Crippen LogP contribution in [0.1, 0.15) is 25.7 Å². The summed E-state index contributed by atoms with van der Waals surface area (Å²) in [5.41, 5.74) is 0. The molecule has 7 heteroatoms. The van der Waals surface area contributed by atoms with E-state index >= 15 is 0 Å². The first-order valence-electron chi connectivity index (χ1n) is 6.92. The summed E-state index contributed by atoms with van der Waals surface area (Å²) >= 11 is 0. The first kappa shape index (κ1) is 19.4. The minimum Gasteiger partial charge on any atom is -0.499 e. The molecule has 0 bridgehead atoms. The van der Waals surface area contributed by atoms with Crippen molar-refractivity contribution >= 4 is 11.9 Å². The van der Waals surface area contributed by atoms with E-state index in [9.17, 15) is 9.59 Å². The number of rotatable bonds is 15. The van der Waals surface area contributed by atoms with Gasteiger partial charge in [0.25, 0.3) is 0 Å². The van der Waals surface area contributed by atoms with Gasteiger partial charge in [0.05, 0.1) is 32.7 Å². The van der Waals surface area contributed by atoms with Crippen molar-refractivity contribution in [3.05, 3.63) is 12.8 Å². The van der Waals surface area contributed by atoms with Crippen LogP contribution in [-0.4, -0.2) is 56.7 Å². The lowest BCUT2D eigenvalue weighted by Crippen LogP contribution is -2.13. The van der Waals surface area contributed by atoms with Crippen LogP contribution >= 0.6 is 0 Å². The Hall–Kier alpha value is -1.60. The van der Waals surface area contributed by atoms with Gasteiger partial charge in [-0.3, -0.25) is 9.59 Å². The fourth-order valence-corrected chi connectivity index (χ4v) is 1.34. The summed E-state index contributed by atoms with van der Waals surface area (Å²) < 4.78 is 20.2. The van der Waals surface area contributed by atoms with E-state index < -0.39 is 5.97 Å². The molecule has 0 aliphatic carbocycles. The van der Waals surface area contributed by atoms with Crippen molar-refractivity contribution in [3.63, 3.8) is 0 Å². The van der Waals surface area contributed by atoms with Gasteiger partial charge < -0.3 is 24.1 Å². The highest BCUT2D eigenvalue weighted by molar-refractivity contribution is 5.69. The Morgan fingerprint density at radius 1 is 0.905 bits per heavy atom. The number of aliphatic carboxylic acids is 1. The molecule has 0 atom stereocenters. The lowest BCUT2D eigenvalue weighted by atomic mass is 10.2. The van der Waals surface area contributed by atoms with E-state index in [1.807, 2.05) is 0 Å². The van der Waals surface area contributed by atoms with Crippen LogP contribution in [0.5, 0.6) is 0 Å². The van der Waals surface area contributed by atoms with Crippen molar-refractivity contribution in [1.29, 1.82) is 0 Å². The number of ether oxygens (including phenoxy) is 4. The van der Waals surface area contributed by atoms with Crippen molar-refractivity contribution in [2.45, 2.75) is 25.7 Å². The monoisotopic (exact) mass is 304 g/mol. The maximum Gasteiger partial charge on any atom is 0.305 e. The molecule has 0 rings (SSSR count). The van der Waals surface area contributed by atoms with Gasteiger partial charge in [-0.15, -0.1) is 0 Å². The minimum atomic E-state index is -0.852. The molecule has 21 heavy (non-hydrogen) atoms. The lowest BCUT2D eigenvalue weighted by molar-refractivity contribution is -0.146. The Balaban J connectivity index is 3.17. The summed E-state index contributed by atoms with van der Waals surface area (Å²) in [6.45, 7) is 5.71. The maximum absolute atomic E-state index is 11.3. The number of carboxylic acids is 1. The van der Waals surface area contributed by atoms with Gasteiger partial charge in [0.15, 0.2) is 0 Å². The third-order valence-corrected chi connectivity index (χ3v) is 2.35. The summed E-state index contributed by atoms with van der Waals surface area (Å²) in [6, 6.07) is 0. The Morgan fingerprint density at radius 2 is 1.48 bits per heavy atom. The highest BCUT2D eigenvalue weighted by atomic mass is 16.6. The van der Waals surface area contributed by atoms with Gasteiger partial charge in [-0.25, -0.2) is 0 Å². The second-order valence-corrected chi connectivity index (χ2v) is 4.08. The summed E-state index contributed by atoms with van der Waals surface area (Å²) in [4.78, 5) is 21.5. The molecule has 122 valence electrons. The molecule has 0 amide bonds. The van der Waals surface area contributed by atoms with E-state index in [2.05, 4.69) is 6.58 Å². The van der Waals surface area contributed by atoms with Gasteiger partial charge >= 0.3 is 11.9 Å². The standard InChI is InChI=1S/C14H24O7/c1-2-18-7-8-19-9-10-20-11-12-21-14(17)6-4-3-5-13(15)16/h2H,1,3-12H2,(H,15,16). The molecule has 0 aliphatic rings. The highest BCUT2D eigenvalue weighted by Crippen LogP contribution is 2.01. The average Bonchev–Trinajstić information content (AvgIpc) is 2.45. The van der Waals surface area contributed by atoms with Crippen LogP contribution in [0.4, 0.5) is 0 Å². The summed E-state index contributed by atoms with van der Waals surface area (Å²) in [5, 5.41) is 8.43. The number of carbonyl (C=O) groups excluding carboxylic acids is 1. The van der Waals surface area contributed by atoms with Crippen LogP contribution in [0.15, 0.2) is 12.8 Å². The zero-order valence-electron chi connectivity index (χ0n) is 12.3.